The van der Waals surface area contributed by atoms with Crippen molar-refractivity contribution in [2.45, 2.75) is 18.9 Å². The molecule has 1 unspecified atom stereocenters. The van der Waals surface area contributed by atoms with E-state index in [0.29, 0.717) is 22.7 Å². The van der Waals surface area contributed by atoms with Crippen molar-refractivity contribution in [1.82, 2.24) is 8.01 Å². The van der Waals surface area contributed by atoms with Gasteiger partial charge in [-0.2, -0.15) is 0 Å². The number of fused-ring (bicyclic) bond motifs is 1. The number of hydrogen-bond acceptors (Lipinski definition) is 4. The standard InChI is InChI=1S/C21H20IN3O2/c1-24-12-4-7-19(24)14-8-10-15(11-9-14)23-13-18-16-5-2-3-6-17(16)20(26)25(22)21(18)27/h2-3,5-6,8-11,13,19,23H,4,7,12H2,1H3/b18-13-. The van der Waals surface area contributed by atoms with E-state index in [2.05, 4.69) is 29.4 Å². The molecule has 2 amide bonds. The van der Waals surface area contributed by atoms with Gasteiger partial charge >= 0.3 is 0 Å². The molecule has 0 aliphatic carbocycles. The zero-order valence-corrected chi connectivity index (χ0v) is 17.1. The van der Waals surface area contributed by atoms with Gasteiger partial charge in [-0.15, -0.1) is 0 Å². The number of carbonyl (C=O) groups is 2. The molecule has 0 saturated carbocycles. The van der Waals surface area contributed by atoms with E-state index in [4.69, 9.17) is 0 Å². The summed E-state index contributed by atoms with van der Waals surface area (Å²) in [6.07, 6.45) is 4.12. The van der Waals surface area contributed by atoms with Crippen LogP contribution in [-0.2, 0) is 4.79 Å². The zero-order chi connectivity index (χ0) is 19.0. The number of benzene rings is 2. The van der Waals surface area contributed by atoms with Gasteiger partial charge in [-0.05, 0) is 50.2 Å². The van der Waals surface area contributed by atoms with Crippen LogP contribution in [0.3, 0.4) is 0 Å². The minimum absolute atomic E-state index is 0.279. The van der Waals surface area contributed by atoms with Gasteiger partial charge in [-0.1, -0.05) is 30.3 Å². The number of imide groups is 1. The summed E-state index contributed by atoms with van der Waals surface area (Å²) in [4.78, 5) is 27.2. The van der Waals surface area contributed by atoms with E-state index in [9.17, 15) is 9.59 Å². The highest BCUT2D eigenvalue weighted by Gasteiger charge is 2.33. The van der Waals surface area contributed by atoms with Gasteiger partial charge in [0.2, 0.25) is 0 Å². The normalized spacial score (nSPS) is 21.6. The SMILES string of the molecule is CN1CCCC1c1ccc(N/C=C2\C(=O)N(I)C(=O)c3ccccc32)cc1. The Kier molecular flexibility index (Phi) is 5.01. The highest BCUT2D eigenvalue weighted by molar-refractivity contribution is 14.1. The van der Waals surface area contributed by atoms with Crippen LogP contribution in [-0.4, -0.2) is 33.4 Å². The molecule has 2 heterocycles. The van der Waals surface area contributed by atoms with Gasteiger partial charge in [0.15, 0.2) is 0 Å². The highest BCUT2D eigenvalue weighted by Crippen LogP contribution is 2.32. The van der Waals surface area contributed by atoms with Crippen LogP contribution >= 0.6 is 22.9 Å². The van der Waals surface area contributed by atoms with E-state index in [1.165, 1.54) is 18.4 Å². The molecule has 0 bridgehead atoms. The van der Waals surface area contributed by atoms with E-state index < -0.39 is 0 Å². The quantitative estimate of drug-likeness (QED) is 0.314. The number of nitrogens with one attached hydrogen (secondary N) is 1. The number of nitrogens with zero attached hydrogens (tertiary/aromatic N) is 2. The van der Waals surface area contributed by atoms with Crippen LogP contribution in [0, 0.1) is 0 Å². The molecule has 1 N–H and O–H groups in total. The molecule has 2 aromatic carbocycles. The van der Waals surface area contributed by atoms with Crippen LogP contribution in [0.2, 0.25) is 0 Å². The molecular formula is C21H20IN3O2. The minimum atomic E-state index is -0.309. The van der Waals surface area contributed by atoms with Gasteiger partial charge in [0, 0.05) is 29.1 Å². The summed E-state index contributed by atoms with van der Waals surface area (Å²) < 4.78 is 1.13. The maximum atomic E-state index is 12.6. The van der Waals surface area contributed by atoms with Crippen molar-refractivity contribution < 1.29 is 9.59 Å². The number of halogens is 1. The third-order valence-electron chi connectivity index (χ3n) is 5.23. The lowest BCUT2D eigenvalue weighted by atomic mass is 9.95. The van der Waals surface area contributed by atoms with E-state index in [-0.39, 0.29) is 11.8 Å². The molecule has 2 aliphatic rings. The van der Waals surface area contributed by atoms with Gasteiger partial charge in [0.1, 0.15) is 0 Å². The Labute approximate surface area is 172 Å². The molecule has 27 heavy (non-hydrogen) atoms. The van der Waals surface area contributed by atoms with Crippen LogP contribution in [0.1, 0.15) is 40.4 Å². The highest BCUT2D eigenvalue weighted by atomic mass is 127. The van der Waals surface area contributed by atoms with Gasteiger partial charge in [0.25, 0.3) is 11.8 Å². The minimum Gasteiger partial charge on any atom is -0.361 e. The molecule has 5 nitrogen and oxygen atoms in total. The van der Waals surface area contributed by atoms with Crippen molar-refractivity contribution in [3.63, 3.8) is 0 Å². The Bertz CT molecular complexity index is 923. The molecule has 0 aromatic heterocycles. The smallest absolute Gasteiger partial charge is 0.271 e. The molecule has 0 spiro atoms. The number of anilines is 1. The molecule has 1 atom stereocenters. The molecule has 6 heteroatoms. The second-order valence-electron chi connectivity index (χ2n) is 6.90. The van der Waals surface area contributed by atoms with Crippen molar-refractivity contribution >= 4 is 45.9 Å². The van der Waals surface area contributed by atoms with E-state index in [1.807, 2.05) is 18.2 Å². The van der Waals surface area contributed by atoms with Crippen molar-refractivity contribution in [3.8, 4) is 0 Å². The third-order valence-corrected chi connectivity index (χ3v) is 6.11. The predicted molar refractivity (Wildman–Crippen MR) is 114 cm³/mol. The molecule has 138 valence electrons. The van der Waals surface area contributed by atoms with E-state index >= 15 is 0 Å². The Hall–Kier alpha value is -2.19. The Balaban J connectivity index is 1.58. The van der Waals surface area contributed by atoms with Gasteiger partial charge in [0.05, 0.1) is 28.4 Å². The average molecular weight is 473 g/mol. The number of rotatable bonds is 3. The number of carbonyl (C=O) groups excluding carboxylic acids is 2. The Morgan fingerprint density at radius 3 is 2.41 bits per heavy atom. The van der Waals surface area contributed by atoms with Crippen molar-refractivity contribution in [3.05, 3.63) is 71.4 Å². The molecule has 2 aliphatic heterocycles. The summed E-state index contributed by atoms with van der Waals surface area (Å²) in [6, 6.07) is 16.0. The second-order valence-corrected chi connectivity index (χ2v) is 7.86. The Morgan fingerprint density at radius 2 is 1.74 bits per heavy atom. The fourth-order valence-electron chi connectivity index (χ4n) is 3.75. The number of likely N-dealkylation sites (tertiary alicyclic amines) is 1. The second kappa shape index (κ2) is 7.44. The first-order valence-corrected chi connectivity index (χ1v) is 9.93. The first-order chi connectivity index (χ1) is 13.1. The zero-order valence-electron chi connectivity index (χ0n) is 15.0. The van der Waals surface area contributed by atoms with Crippen molar-refractivity contribution in [2.24, 2.45) is 0 Å². The number of amides is 2. The predicted octanol–water partition coefficient (Wildman–Crippen LogP) is 4.24. The summed E-state index contributed by atoms with van der Waals surface area (Å²) in [7, 11) is 2.16. The molecule has 1 saturated heterocycles. The first kappa shape index (κ1) is 18.2. The fraction of sp³-hybridized carbons (Fsp3) is 0.238. The first-order valence-electron chi connectivity index (χ1n) is 8.97. The number of hydrogen-bond donors (Lipinski definition) is 1. The van der Waals surface area contributed by atoms with Gasteiger partial charge < -0.3 is 5.32 Å². The Morgan fingerprint density at radius 1 is 1.04 bits per heavy atom. The van der Waals surface area contributed by atoms with Gasteiger partial charge in [-0.3, -0.25) is 14.5 Å². The summed E-state index contributed by atoms with van der Waals surface area (Å²) in [5.74, 6) is -0.589. The lowest BCUT2D eigenvalue weighted by molar-refractivity contribution is -0.118. The lowest BCUT2D eigenvalue weighted by Gasteiger charge is -2.23. The maximum Gasteiger partial charge on any atom is 0.271 e. The van der Waals surface area contributed by atoms with Crippen molar-refractivity contribution in [1.29, 1.82) is 0 Å². The maximum absolute atomic E-state index is 12.6. The molecule has 0 radical (unpaired) electrons. The van der Waals surface area contributed by atoms with E-state index in [0.717, 1.165) is 15.3 Å². The van der Waals surface area contributed by atoms with Crippen LogP contribution in [0.5, 0.6) is 0 Å². The van der Waals surface area contributed by atoms with Crippen LogP contribution < -0.4 is 5.32 Å². The third kappa shape index (κ3) is 3.39. The van der Waals surface area contributed by atoms with Crippen LogP contribution in [0.15, 0.2) is 54.7 Å². The fourth-order valence-corrected chi connectivity index (χ4v) is 4.27. The molecular weight excluding hydrogens is 453 g/mol. The summed E-state index contributed by atoms with van der Waals surface area (Å²) in [6.45, 7) is 1.14. The van der Waals surface area contributed by atoms with Crippen LogP contribution in [0.4, 0.5) is 5.69 Å². The largest absolute Gasteiger partial charge is 0.361 e. The molecule has 2 aromatic rings. The van der Waals surface area contributed by atoms with Crippen molar-refractivity contribution in [2.75, 3.05) is 18.9 Å². The summed E-state index contributed by atoms with van der Waals surface area (Å²) in [5.41, 5.74) is 3.92. The average Bonchev–Trinajstić information content (AvgIpc) is 3.12. The van der Waals surface area contributed by atoms with E-state index in [1.54, 1.807) is 47.3 Å². The summed E-state index contributed by atoms with van der Waals surface area (Å²) in [5, 5.41) is 3.21. The summed E-state index contributed by atoms with van der Waals surface area (Å²) >= 11 is 1.76. The molecule has 4 rings (SSSR count). The van der Waals surface area contributed by atoms with Crippen LogP contribution in [0.25, 0.3) is 5.57 Å². The van der Waals surface area contributed by atoms with Gasteiger partial charge in [-0.25, -0.2) is 3.11 Å². The monoisotopic (exact) mass is 473 g/mol. The topological polar surface area (TPSA) is 52.7 Å². The lowest BCUT2D eigenvalue weighted by Crippen LogP contribution is -2.34. The molecule has 1 fully saturated rings.